The van der Waals surface area contributed by atoms with E-state index in [0.717, 1.165) is 37.1 Å². The molecule has 5 atom stereocenters. The summed E-state index contributed by atoms with van der Waals surface area (Å²) in [6, 6.07) is -0.0144. The molecule has 2 heterocycles. The molecular weight excluding hydrogens is 248 g/mol. The van der Waals surface area contributed by atoms with Gasteiger partial charge in [-0.3, -0.25) is 9.79 Å². The Labute approximate surface area is 122 Å². The molecule has 1 aliphatic carbocycles. The van der Waals surface area contributed by atoms with Crippen molar-refractivity contribution in [1.29, 1.82) is 0 Å². The molecule has 0 aromatic heterocycles. The molecule has 1 N–H and O–H groups in total. The molecule has 3 aliphatic rings. The number of hydrogen-bond acceptors (Lipinski definition) is 3. The van der Waals surface area contributed by atoms with Gasteiger partial charge in [-0.15, -0.1) is 0 Å². The molecule has 1 saturated heterocycles. The van der Waals surface area contributed by atoms with Crippen molar-refractivity contribution in [3.63, 3.8) is 0 Å². The van der Waals surface area contributed by atoms with Gasteiger partial charge in [-0.1, -0.05) is 20.3 Å². The zero-order valence-electron chi connectivity index (χ0n) is 12.9. The van der Waals surface area contributed by atoms with E-state index in [2.05, 4.69) is 12.2 Å². The van der Waals surface area contributed by atoms with Crippen LogP contribution < -0.4 is 5.32 Å². The van der Waals surface area contributed by atoms with E-state index in [1.807, 2.05) is 6.92 Å². The first-order valence-electron chi connectivity index (χ1n) is 8.54. The lowest BCUT2D eigenvalue weighted by atomic mass is 9.63. The van der Waals surface area contributed by atoms with Gasteiger partial charge >= 0.3 is 0 Å². The van der Waals surface area contributed by atoms with E-state index in [1.54, 1.807) is 0 Å². The topological polar surface area (TPSA) is 41.5 Å². The van der Waals surface area contributed by atoms with E-state index < -0.39 is 0 Å². The Morgan fingerprint density at radius 2 is 2.15 bits per heavy atom. The summed E-state index contributed by atoms with van der Waals surface area (Å²) < 4.78 is 0. The fraction of sp³-hybridized carbons (Fsp3) is 0.882. The average Bonchev–Trinajstić information content (AvgIpc) is 2.93. The second-order valence-corrected chi connectivity index (χ2v) is 6.88. The molecule has 0 spiro atoms. The molecule has 0 radical (unpaired) electrons. The Balaban J connectivity index is 1.83. The standard InChI is InChI=1S/C17H28N2O/c1-3-5-12-13-6-7-15(17(20)4-2)19-16(13)8-11-9-18-10-14(11)12/h11-15,18H,3-10H2,1-2H3/t11-,12?,13?,14-,15?/m1/s1. The zero-order valence-corrected chi connectivity index (χ0v) is 12.9. The molecule has 2 aliphatic heterocycles. The van der Waals surface area contributed by atoms with Crippen LogP contribution in [0.1, 0.15) is 52.4 Å². The molecule has 20 heavy (non-hydrogen) atoms. The van der Waals surface area contributed by atoms with Gasteiger partial charge in [-0.25, -0.2) is 0 Å². The quantitative estimate of drug-likeness (QED) is 0.858. The van der Waals surface area contributed by atoms with Crippen LogP contribution in [0.5, 0.6) is 0 Å². The third kappa shape index (κ3) is 2.45. The summed E-state index contributed by atoms with van der Waals surface area (Å²) in [4.78, 5) is 16.9. The summed E-state index contributed by atoms with van der Waals surface area (Å²) in [5, 5.41) is 3.59. The average molecular weight is 276 g/mol. The second kappa shape index (κ2) is 5.97. The number of Topliss-reactive ketones (excluding diaryl/α,β-unsaturated/α-hetero) is 1. The van der Waals surface area contributed by atoms with Gasteiger partial charge in [0.15, 0.2) is 5.78 Å². The van der Waals surface area contributed by atoms with E-state index in [1.165, 1.54) is 31.5 Å². The predicted molar refractivity (Wildman–Crippen MR) is 82.1 cm³/mol. The largest absolute Gasteiger partial charge is 0.316 e. The maximum Gasteiger partial charge on any atom is 0.157 e. The summed E-state index contributed by atoms with van der Waals surface area (Å²) in [6.45, 7) is 6.63. The summed E-state index contributed by atoms with van der Waals surface area (Å²) in [6.07, 6.45) is 6.58. The number of carbonyl (C=O) groups is 1. The fourth-order valence-electron chi connectivity index (χ4n) is 4.79. The van der Waals surface area contributed by atoms with Crippen LogP contribution in [0.15, 0.2) is 4.99 Å². The Hall–Kier alpha value is -0.700. The summed E-state index contributed by atoms with van der Waals surface area (Å²) in [5.74, 6) is 3.46. The lowest BCUT2D eigenvalue weighted by molar-refractivity contribution is -0.120. The fourth-order valence-corrected chi connectivity index (χ4v) is 4.79. The van der Waals surface area contributed by atoms with Crippen molar-refractivity contribution in [3.05, 3.63) is 0 Å². The Kier molecular flexibility index (Phi) is 4.25. The minimum atomic E-state index is -0.0144. The van der Waals surface area contributed by atoms with Crippen LogP contribution >= 0.6 is 0 Å². The van der Waals surface area contributed by atoms with Crippen molar-refractivity contribution in [2.24, 2.45) is 28.7 Å². The van der Waals surface area contributed by atoms with Gasteiger partial charge in [0.1, 0.15) is 6.04 Å². The number of aliphatic imine (C=N–C) groups is 1. The van der Waals surface area contributed by atoms with Crippen LogP contribution in [0.3, 0.4) is 0 Å². The minimum Gasteiger partial charge on any atom is -0.316 e. The van der Waals surface area contributed by atoms with Crippen molar-refractivity contribution in [2.45, 2.75) is 58.4 Å². The van der Waals surface area contributed by atoms with Gasteiger partial charge in [-0.2, -0.15) is 0 Å². The summed E-state index contributed by atoms with van der Waals surface area (Å²) >= 11 is 0. The second-order valence-electron chi connectivity index (χ2n) is 6.88. The third-order valence-corrected chi connectivity index (χ3v) is 5.77. The molecule has 0 aromatic carbocycles. The van der Waals surface area contributed by atoms with Crippen LogP contribution in [-0.4, -0.2) is 30.6 Å². The SMILES string of the molecule is CCCC1C2CCC(C(=O)CC)N=C2C[C@@H]2CNC[C@@H]12. The zero-order chi connectivity index (χ0) is 14.1. The molecule has 2 fully saturated rings. The van der Waals surface area contributed by atoms with E-state index in [4.69, 9.17) is 4.99 Å². The van der Waals surface area contributed by atoms with Crippen LogP contribution in [0.25, 0.3) is 0 Å². The van der Waals surface area contributed by atoms with Gasteiger partial charge in [0.25, 0.3) is 0 Å². The number of fused-ring (bicyclic) bond motifs is 2. The van der Waals surface area contributed by atoms with Gasteiger partial charge in [0.05, 0.1) is 0 Å². The highest BCUT2D eigenvalue weighted by Gasteiger charge is 2.45. The third-order valence-electron chi connectivity index (χ3n) is 5.77. The highest BCUT2D eigenvalue weighted by Crippen LogP contribution is 2.45. The summed E-state index contributed by atoms with van der Waals surface area (Å²) in [7, 11) is 0. The molecule has 0 aromatic rings. The van der Waals surface area contributed by atoms with E-state index in [9.17, 15) is 4.79 Å². The van der Waals surface area contributed by atoms with Crippen molar-refractivity contribution < 1.29 is 4.79 Å². The predicted octanol–water partition coefficient (Wildman–Crippen LogP) is 2.84. The van der Waals surface area contributed by atoms with Gasteiger partial charge in [-0.05, 0) is 56.5 Å². The molecule has 1 saturated carbocycles. The number of nitrogens with zero attached hydrogens (tertiary/aromatic N) is 1. The van der Waals surface area contributed by atoms with Crippen LogP contribution in [0, 0.1) is 23.7 Å². The van der Waals surface area contributed by atoms with E-state index in [-0.39, 0.29) is 6.04 Å². The first-order valence-corrected chi connectivity index (χ1v) is 8.54. The molecular formula is C17H28N2O. The van der Waals surface area contributed by atoms with Crippen LogP contribution in [0.2, 0.25) is 0 Å². The van der Waals surface area contributed by atoms with Gasteiger partial charge in [0, 0.05) is 18.1 Å². The maximum atomic E-state index is 12.0. The van der Waals surface area contributed by atoms with E-state index >= 15 is 0 Å². The molecule has 112 valence electrons. The highest BCUT2D eigenvalue weighted by atomic mass is 16.1. The number of carbonyl (C=O) groups excluding carboxylic acids is 1. The first-order chi connectivity index (χ1) is 9.74. The van der Waals surface area contributed by atoms with Crippen LogP contribution in [-0.2, 0) is 4.79 Å². The van der Waals surface area contributed by atoms with Gasteiger partial charge < -0.3 is 5.32 Å². The summed E-state index contributed by atoms with van der Waals surface area (Å²) in [5.41, 5.74) is 1.39. The van der Waals surface area contributed by atoms with Crippen LogP contribution in [0.4, 0.5) is 0 Å². The maximum absolute atomic E-state index is 12.0. The number of rotatable bonds is 4. The lowest BCUT2D eigenvalue weighted by Gasteiger charge is -2.43. The Morgan fingerprint density at radius 3 is 2.90 bits per heavy atom. The molecule has 3 rings (SSSR count). The number of ketones is 1. The number of nitrogens with one attached hydrogen (secondary N) is 1. The van der Waals surface area contributed by atoms with Crippen molar-refractivity contribution in [2.75, 3.05) is 13.1 Å². The van der Waals surface area contributed by atoms with Gasteiger partial charge in [0.2, 0.25) is 0 Å². The molecule has 0 bridgehead atoms. The van der Waals surface area contributed by atoms with Crippen molar-refractivity contribution >= 4 is 11.5 Å². The van der Waals surface area contributed by atoms with Crippen molar-refractivity contribution in [1.82, 2.24) is 5.32 Å². The number of hydrogen-bond donors (Lipinski definition) is 1. The first kappa shape index (κ1) is 14.2. The Bertz CT molecular complexity index is 404. The highest BCUT2D eigenvalue weighted by molar-refractivity contribution is 5.93. The smallest absolute Gasteiger partial charge is 0.157 e. The molecule has 3 heteroatoms. The van der Waals surface area contributed by atoms with E-state index in [0.29, 0.717) is 18.1 Å². The monoisotopic (exact) mass is 276 g/mol. The minimum absolute atomic E-state index is 0.0144. The normalized spacial score (nSPS) is 39.9. The molecule has 3 unspecified atom stereocenters. The Morgan fingerprint density at radius 1 is 1.30 bits per heavy atom. The molecule has 0 amide bonds. The lowest BCUT2D eigenvalue weighted by Crippen LogP contribution is -2.43. The molecule has 3 nitrogen and oxygen atoms in total. The van der Waals surface area contributed by atoms with Crippen molar-refractivity contribution in [3.8, 4) is 0 Å².